The van der Waals surface area contributed by atoms with Gasteiger partial charge in [0.1, 0.15) is 0 Å². The molecule has 1 aliphatic heterocycles. The molecule has 0 aromatic rings. The number of carboxylic acids is 1. The molecular weight excluding hydrogens is 258 g/mol. The van der Waals surface area contributed by atoms with Crippen LogP contribution in [0.15, 0.2) is 0 Å². The van der Waals surface area contributed by atoms with Crippen LogP contribution in [0, 0.1) is 5.92 Å². The van der Waals surface area contributed by atoms with Crippen molar-refractivity contribution < 1.29 is 19.4 Å². The lowest BCUT2D eigenvalue weighted by Crippen LogP contribution is -2.38. The molecule has 2 rings (SSSR count). The number of carboxylic acid groups (broad SMARTS) is 1. The molecule has 2 aliphatic rings. The molecule has 0 bridgehead atoms. The highest BCUT2D eigenvalue weighted by Gasteiger charge is 2.34. The molecule has 0 aromatic heterocycles. The van der Waals surface area contributed by atoms with Gasteiger partial charge in [-0.15, -0.1) is 0 Å². The molecule has 1 saturated carbocycles. The summed E-state index contributed by atoms with van der Waals surface area (Å²) in [5.41, 5.74) is 0. The van der Waals surface area contributed by atoms with E-state index >= 15 is 0 Å². The van der Waals surface area contributed by atoms with Crippen molar-refractivity contribution in [1.29, 1.82) is 0 Å². The van der Waals surface area contributed by atoms with Crippen LogP contribution in [-0.2, 0) is 14.3 Å². The maximum absolute atomic E-state index is 12.3. The van der Waals surface area contributed by atoms with Crippen LogP contribution in [-0.4, -0.2) is 46.7 Å². The van der Waals surface area contributed by atoms with E-state index in [4.69, 9.17) is 9.84 Å². The second-order valence-corrected chi connectivity index (χ2v) is 6.20. The number of rotatable bonds is 7. The Morgan fingerprint density at radius 2 is 2.00 bits per heavy atom. The lowest BCUT2D eigenvalue weighted by molar-refractivity contribution is -0.143. The van der Waals surface area contributed by atoms with Crippen molar-refractivity contribution in [3.63, 3.8) is 0 Å². The third kappa shape index (κ3) is 4.20. The fourth-order valence-electron chi connectivity index (χ4n) is 2.74. The molecule has 0 aromatic carbocycles. The van der Waals surface area contributed by atoms with Gasteiger partial charge in [0, 0.05) is 19.0 Å². The number of carbonyl (C=O) groups excluding carboxylic acids is 1. The minimum Gasteiger partial charge on any atom is -0.481 e. The van der Waals surface area contributed by atoms with Crippen molar-refractivity contribution in [2.24, 2.45) is 5.92 Å². The van der Waals surface area contributed by atoms with Crippen molar-refractivity contribution >= 4 is 11.9 Å². The first-order valence-corrected chi connectivity index (χ1v) is 7.65. The van der Waals surface area contributed by atoms with Gasteiger partial charge in [0.05, 0.1) is 18.1 Å². The van der Waals surface area contributed by atoms with Crippen molar-refractivity contribution in [2.75, 3.05) is 6.54 Å². The van der Waals surface area contributed by atoms with Crippen LogP contribution in [0.2, 0.25) is 0 Å². The van der Waals surface area contributed by atoms with Gasteiger partial charge in [0.2, 0.25) is 5.91 Å². The smallest absolute Gasteiger partial charge is 0.308 e. The molecule has 1 amide bonds. The number of nitrogens with zero attached hydrogens (tertiary/aromatic N) is 1. The van der Waals surface area contributed by atoms with E-state index in [1.165, 1.54) is 0 Å². The second kappa shape index (κ2) is 6.57. The number of hydrogen-bond acceptors (Lipinski definition) is 3. The highest BCUT2D eigenvalue weighted by Crippen LogP contribution is 2.29. The molecule has 5 heteroatoms. The van der Waals surface area contributed by atoms with E-state index in [-0.39, 0.29) is 18.1 Å². The average Bonchev–Trinajstić information content (AvgIpc) is 3.15. The molecule has 1 N–H and O–H groups in total. The van der Waals surface area contributed by atoms with Crippen molar-refractivity contribution in [3.05, 3.63) is 0 Å². The van der Waals surface area contributed by atoms with Crippen molar-refractivity contribution in [1.82, 2.24) is 4.90 Å². The third-order valence-corrected chi connectivity index (χ3v) is 4.20. The maximum atomic E-state index is 12.3. The predicted molar refractivity (Wildman–Crippen MR) is 74.3 cm³/mol. The first kappa shape index (κ1) is 15.3. The summed E-state index contributed by atoms with van der Waals surface area (Å²) >= 11 is 0. The lowest BCUT2D eigenvalue weighted by atomic mass is 10.1. The highest BCUT2D eigenvalue weighted by molar-refractivity contribution is 5.78. The molecule has 1 saturated heterocycles. The number of amides is 1. The zero-order valence-electron chi connectivity index (χ0n) is 12.4. The van der Waals surface area contributed by atoms with E-state index in [1.807, 2.05) is 0 Å². The summed E-state index contributed by atoms with van der Waals surface area (Å²) in [6, 6.07) is 0.271. The Morgan fingerprint density at radius 1 is 1.30 bits per heavy atom. The summed E-state index contributed by atoms with van der Waals surface area (Å²) in [5.74, 6) is -1.25. The maximum Gasteiger partial charge on any atom is 0.308 e. The molecule has 2 fully saturated rings. The lowest BCUT2D eigenvalue weighted by Gasteiger charge is -2.25. The number of hydrogen-bond donors (Lipinski definition) is 1. The fourth-order valence-corrected chi connectivity index (χ4v) is 2.74. The zero-order valence-corrected chi connectivity index (χ0v) is 12.4. The van der Waals surface area contributed by atoms with Crippen LogP contribution in [0.5, 0.6) is 0 Å². The molecule has 0 radical (unpaired) electrons. The molecule has 1 aliphatic carbocycles. The Labute approximate surface area is 120 Å². The summed E-state index contributed by atoms with van der Waals surface area (Å²) in [4.78, 5) is 25.0. The third-order valence-electron chi connectivity index (χ3n) is 4.20. The molecular formula is C15H25NO4. The minimum atomic E-state index is -0.837. The van der Waals surface area contributed by atoms with Gasteiger partial charge in [-0.3, -0.25) is 9.59 Å². The van der Waals surface area contributed by atoms with Gasteiger partial charge < -0.3 is 14.7 Å². The topological polar surface area (TPSA) is 66.8 Å². The van der Waals surface area contributed by atoms with Crippen molar-refractivity contribution in [2.45, 2.75) is 70.6 Å². The van der Waals surface area contributed by atoms with Gasteiger partial charge >= 0.3 is 5.97 Å². The largest absolute Gasteiger partial charge is 0.481 e. The molecule has 1 heterocycles. The first-order valence-electron chi connectivity index (χ1n) is 7.65. The van der Waals surface area contributed by atoms with E-state index in [2.05, 4.69) is 6.92 Å². The van der Waals surface area contributed by atoms with Crippen LogP contribution < -0.4 is 0 Å². The Kier molecular flexibility index (Phi) is 5.02. The standard InChI is InChI=1S/C15H25NO4/c1-10(15(18)19)9-16(12-4-5-12)14(17)8-7-13-6-3-11(2)20-13/h10-13H,3-9H2,1-2H3,(H,18,19). The first-order chi connectivity index (χ1) is 9.47. The normalized spacial score (nSPS) is 27.3. The van der Waals surface area contributed by atoms with E-state index in [9.17, 15) is 9.59 Å². The molecule has 5 nitrogen and oxygen atoms in total. The van der Waals surface area contributed by atoms with Crippen molar-refractivity contribution in [3.8, 4) is 0 Å². The second-order valence-electron chi connectivity index (χ2n) is 6.20. The van der Waals surface area contributed by atoms with Gasteiger partial charge in [-0.25, -0.2) is 0 Å². The Bertz CT molecular complexity index is 367. The van der Waals surface area contributed by atoms with Crippen LogP contribution in [0.4, 0.5) is 0 Å². The van der Waals surface area contributed by atoms with E-state index in [0.29, 0.717) is 19.1 Å². The number of ether oxygens (including phenoxy) is 1. The van der Waals surface area contributed by atoms with Gasteiger partial charge in [-0.1, -0.05) is 6.92 Å². The molecule has 0 spiro atoms. The van der Waals surface area contributed by atoms with Crippen LogP contribution in [0.25, 0.3) is 0 Å². The Hall–Kier alpha value is -1.10. The summed E-state index contributed by atoms with van der Waals surface area (Å²) in [6.45, 7) is 4.06. The van der Waals surface area contributed by atoms with Gasteiger partial charge in [0.25, 0.3) is 0 Å². The summed E-state index contributed by atoms with van der Waals surface area (Å²) < 4.78 is 5.72. The van der Waals surface area contributed by atoms with Gasteiger partial charge in [-0.2, -0.15) is 0 Å². The predicted octanol–water partition coefficient (Wildman–Crippen LogP) is 2.05. The Balaban J connectivity index is 1.79. The zero-order chi connectivity index (χ0) is 14.7. The van der Waals surface area contributed by atoms with Gasteiger partial charge in [-0.05, 0) is 39.0 Å². The molecule has 3 unspecified atom stereocenters. The Morgan fingerprint density at radius 3 is 2.50 bits per heavy atom. The minimum absolute atomic E-state index is 0.0868. The molecule has 20 heavy (non-hydrogen) atoms. The van der Waals surface area contributed by atoms with Crippen LogP contribution in [0.1, 0.15) is 52.4 Å². The highest BCUT2D eigenvalue weighted by atomic mass is 16.5. The number of carbonyl (C=O) groups is 2. The summed E-state index contributed by atoms with van der Waals surface area (Å²) in [7, 11) is 0. The van der Waals surface area contributed by atoms with Gasteiger partial charge in [0.15, 0.2) is 0 Å². The quantitative estimate of drug-likeness (QED) is 0.776. The monoisotopic (exact) mass is 283 g/mol. The van der Waals surface area contributed by atoms with Crippen LogP contribution in [0.3, 0.4) is 0 Å². The van der Waals surface area contributed by atoms with Crippen LogP contribution >= 0.6 is 0 Å². The van der Waals surface area contributed by atoms with E-state index in [0.717, 1.165) is 32.1 Å². The summed E-state index contributed by atoms with van der Waals surface area (Å²) in [5, 5.41) is 8.99. The fraction of sp³-hybridized carbons (Fsp3) is 0.867. The summed E-state index contributed by atoms with van der Waals surface area (Å²) in [6.07, 6.45) is 5.86. The molecule has 114 valence electrons. The number of aliphatic carboxylic acids is 1. The van der Waals surface area contributed by atoms with E-state index < -0.39 is 11.9 Å². The average molecular weight is 283 g/mol. The SMILES string of the molecule is CC1CCC(CCC(=O)N(CC(C)C(=O)O)C2CC2)O1. The van der Waals surface area contributed by atoms with E-state index in [1.54, 1.807) is 11.8 Å². The molecule has 3 atom stereocenters.